The number of nitrogen functional groups attached to an aromatic ring is 1. The summed E-state index contributed by atoms with van der Waals surface area (Å²) in [5, 5.41) is 4.80. The molecule has 0 bridgehead atoms. The monoisotopic (exact) mass is 281 g/mol. The Hall–Kier alpha value is -1.55. The van der Waals surface area contributed by atoms with Gasteiger partial charge in [-0.05, 0) is 18.2 Å². The molecular weight excluding hydrogens is 265 g/mol. The van der Waals surface area contributed by atoms with Crippen molar-refractivity contribution in [2.45, 2.75) is 26.2 Å². The highest BCUT2D eigenvalue weighted by atomic mass is 35.5. The quantitative estimate of drug-likeness (QED) is 0.865. The second-order valence-electron chi connectivity index (χ2n) is 5.61. The highest BCUT2D eigenvalue weighted by molar-refractivity contribution is 6.33. The van der Waals surface area contributed by atoms with Crippen LogP contribution in [0.15, 0.2) is 18.2 Å². The van der Waals surface area contributed by atoms with Crippen molar-refractivity contribution in [1.82, 2.24) is 9.78 Å². The lowest BCUT2D eigenvalue weighted by Gasteiger charge is -2.18. The first-order valence-electron chi connectivity index (χ1n) is 6.00. The van der Waals surface area contributed by atoms with Gasteiger partial charge in [0.25, 0.3) is 0 Å². The SMILES string of the molecule is Cn1nc(C(C)(C)C)c(-c2ccc(F)cc2Cl)c1N. The first-order valence-corrected chi connectivity index (χ1v) is 6.38. The Morgan fingerprint density at radius 2 is 1.95 bits per heavy atom. The van der Waals surface area contributed by atoms with Gasteiger partial charge in [-0.2, -0.15) is 5.10 Å². The fourth-order valence-electron chi connectivity index (χ4n) is 2.02. The third kappa shape index (κ3) is 2.45. The molecule has 0 unspecified atom stereocenters. The summed E-state index contributed by atoms with van der Waals surface area (Å²) in [6.45, 7) is 6.15. The number of rotatable bonds is 1. The van der Waals surface area contributed by atoms with Crippen LogP contribution in [0.4, 0.5) is 10.2 Å². The standard InChI is InChI=1S/C14H17ClFN3/c1-14(2,3)12-11(13(17)19(4)18-12)9-6-5-8(16)7-10(9)15/h5-7H,17H2,1-4H3. The number of anilines is 1. The molecule has 0 amide bonds. The zero-order valence-electron chi connectivity index (χ0n) is 11.5. The van der Waals surface area contributed by atoms with Crippen molar-refractivity contribution in [2.24, 2.45) is 7.05 Å². The third-order valence-corrected chi connectivity index (χ3v) is 3.32. The molecule has 0 saturated heterocycles. The Morgan fingerprint density at radius 1 is 1.32 bits per heavy atom. The normalized spacial score (nSPS) is 11.9. The molecule has 0 aliphatic rings. The number of nitrogens with two attached hydrogens (primary N) is 1. The largest absolute Gasteiger partial charge is 0.383 e. The molecule has 0 aliphatic heterocycles. The highest BCUT2D eigenvalue weighted by Crippen LogP contribution is 2.39. The molecule has 0 spiro atoms. The molecule has 1 aromatic carbocycles. The molecule has 102 valence electrons. The lowest BCUT2D eigenvalue weighted by Crippen LogP contribution is -2.13. The van der Waals surface area contributed by atoms with Crippen LogP contribution in [0.1, 0.15) is 26.5 Å². The van der Waals surface area contributed by atoms with Gasteiger partial charge in [0.15, 0.2) is 0 Å². The number of aryl methyl sites for hydroxylation is 1. The number of aromatic nitrogens is 2. The van der Waals surface area contributed by atoms with Crippen molar-refractivity contribution in [2.75, 3.05) is 5.73 Å². The molecule has 1 aromatic heterocycles. The van der Waals surface area contributed by atoms with Gasteiger partial charge >= 0.3 is 0 Å². The Kier molecular flexibility index (Phi) is 3.31. The third-order valence-electron chi connectivity index (χ3n) is 3.00. The fraction of sp³-hybridized carbons (Fsp3) is 0.357. The minimum Gasteiger partial charge on any atom is -0.383 e. The van der Waals surface area contributed by atoms with E-state index in [2.05, 4.69) is 25.9 Å². The van der Waals surface area contributed by atoms with Gasteiger partial charge in [-0.15, -0.1) is 0 Å². The molecule has 5 heteroatoms. The van der Waals surface area contributed by atoms with Gasteiger partial charge in [0.2, 0.25) is 0 Å². The lowest BCUT2D eigenvalue weighted by molar-refractivity contribution is 0.555. The molecule has 1 heterocycles. The first-order chi connectivity index (χ1) is 8.71. The smallest absolute Gasteiger partial charge is 0.129 e. The molecule has 2 N–H and O–H groups in total. The van der Waals surface area contributed by atoms with Crippen LogP contribution in [0.25, 0.3) is 11.1 Å². The maximum absolute atomic E-state index is 13.2. The second-order valence-corrected chi connectivity index (χ2v) is 6.01. The van der Waals surface area contributed by atoms with Gasteiger partial charge in [-0.1, -0.05) is 32.4 Å². The molecule has 2 aromatic rings. The molecule has 0 aliphatic carbocycles. The van der Waals surface area contributed by atoms with E-state index in [1.165, 1.54) is 12.1 Å². The summed E-state index contributed by atoms with van der Waals surface area (Å²) in [7, 11) is 1.78. The van der Waals surface area contributed by atoms with E-state index in [4.69, 9.17) is 17.3 Å². The zero-order chi connectivity index (χ0) is 14.4. The Bertz CT molecular complexity index is 626. The van der Waals surface area contributed by atoms with Gasteiger partial charge in [-0.25, -0.2) is 4.39 Å². The van der Waals surface area contributed by atoms with E-state index < -0.39 is 0 Å². The maximum atomic E-state index is 13.2. The zero-order valence-corrected chi connectivity index (χ0v) is 12.2. The summed E-state index contributed by atoms with van der Waals surface area (Å²) in [5.74, 6) is 0.159. The van der Waals surface area contributed by atoms with Crippen LogP contribution in [0.3, 0.4) is 0 Å². The van der Waals surface area contributed by atoms with Crippen LogP contribution in [-0.2, 0) is 12.5 Å². The first kappa shape index (κ1) is 13.9. The number of nitrogens with zero attached hydrogens (tertiary/aromatic N) is 2. The van der Waals surface area contributed by atoms with E-state index in [9.17, 15) is 4.39 Å². The number of hydrogen-bond acceptors (Lipinski definition) is 2. The molecule has 0 saturated carbocycles. The van der Waals surface area contributed by atoms with Gasteiger partial charge in [0.05, 0.1) is 10.7 Å². The highest BCUT2D eigenvalue weighted by Gasteiger charge is 2.26. The summed E-state index contributed by atoms with van der Waals surface area (Å²) < 4.78 is 14.8. The molecule has 0 fully saturated rings. The second kappa shape index (κ2) is 4.53. The molecular formula is C14H17ClFN3. The molecule has 3 nitrogen and oxygen atoms in total. The maximum Gasteiger partial charge on any atom is 0.129 e. The Morgan fingerprint density at radius 3 is 2.47 bits per heavy atom. The molecule has 19 heavy (non-hydrogen) atoms. The predicted octanol–water partition coefficient (Wildman–Crippen LogP) is 3.76. The number of halogens is 2. The van der Waals surface area contributed by atoms with Crippen LogP contribution < -0.4 is 5.73 Å². The van der Waals surface area contributed by atoms with E-state index in [1.54, 1.807) is 17.8 Å². The van der Waals surface area contributed by atoms with E-state index in [-0.39, 0.29) is 11.2 Å². The Labute approximate surface area is 117 Å². The van der Waals surface area contributed by atoms with Crippen LogP contribution in [0, 0.1) is 5.82 Å². The van der Waals surface area contributed by atoms with E-state index in [0.29, 0.717) is 16.4 Å². The summed E-state index contributed by atoms with van der Waals surface area (Å²) in [6.07, 6.45) is 0. The Balaban J connectivity index is 2.74. The van der Waals surface area contributed by atoms with Crippen LogP contribution >= 0.6 is 11.6 Å². The average molecular weight is 282 g/mol. The summed E-state index contributed by atoms with van der Waals surface area (Å²) in [4.78, 5) is 0. The van der Waals surface area contributed by atoms with Crippen molar-refractivity contribution in [3.63, 3.8) is 0 Å². The minimum absolute atomic E-state index is 0.178. The predicted molar refractivity (Wildman–Crippen MR) is 76.7 cm³/mol. The summed E-state index contributed by atoms with van der Waals surface area (Å²) in [6, 6.07) is 4.30. The van der Waals surface area contributed by atoms with E-state index >= 15 is 0 Å². The van der Waals surface area contributed by atoms with E-state index in [0.717, 1.165) is 11.3 Å². The van der Waals surface area contributed by atoms with Gasteiger partial charge < -0.3 is 5.73 Å². The molecule has 0 radical (unpaired) electrons. The molecule has 0 atom stereocenters. The van der Waals surface area contributed by atoms with Crippen LogP contribution in [0.2, 0.25) is 5.02 Å². The van der Waals surface area contributed by atoms with Crippen molar-refractivity contribution in [3.8, 4) is 11.1 Å². The van der Waals surface area contributed by atoms with Gasteiger partial charge in [0.1, 0.15) is 11.6 Å². The molecule has 2 rings (SSSR count). The fourth-order valence-corrected chi connectivity index (χ4v) is 2.28. The topological polar surface area (TPSA) is 43.8 Å². The van der Waals surface area contributed by atoms with Crippen molar-refractivity contribution >= 4 is 17.4 Å². The van der Waals surface area contributed by atoms with Crippen LogP contribution in [-0.4, -0.2) is 9.78 Å². The van der Waals surface area contributed by atoms with E-state index in [1.807, 2.05) is 0 Å². The summed E-state index contributed by atoms with van der Waals surface area (Å²) >= 11 is 6.13. The van der Waals surface area contributed by atoms with Gasteiger partial charge in [-0.3, -0.25) is 4.68 Å². The van der Waals surface area contributed by atoms with Crippen molar-refractivity contribution in [1.29, 1.82) is 0 Å². The van der Waals surface area contributed by atoms with Crippen LogP contribution in [0.5, 0.6) is 0 Å². The van der Waals surface area contributed by atoms with Crippen molar-refractivity contribution in [3.05, 3.63) is 34.7 Å². The average Bonchev–Trinajstić information content (AvgIpc) is 2.56. The van der Waals surface area contributed by atoms with Crippen molar-refractivity contribution < 1.29 is 4.39 Å². The number of hydrogen-bond donors (Lipinski definition) is 1. The van der Waals surface area contributed by atoms with Gasteiger partial charge in [0, 0.05) is 23.6 Å². The minimum atomic E-state index is -0.367. The number of benzene rings is 1. The summed E-state index contributed by atoms with van der Waals surface area (Å²) in [5.41, 5.74) is 8.24. The lowest BCUT2D eigenvalue weighted by atomic mass is 9.87.